The maximum absolute atomic E-state index is 6.17. The Bertz CT molecular complexity index is 627. The Hall–Kier alpha value is -1.08. The average molecular weight is 307 g/mol. The van der Waals surface area contributed by atoms with Gasteiger partial charge in [0.15, 0.2) is 0 Å². The molecule has 0 fully saturated rings. The summed E-state index contributed by atoms with van der Waals surface area (Å²) in [6.45, 7) is 0. The van der Waals surface area contributed by atoms with Crippen LogP contribution in [0.2, 0.25) is 5.02 Å². The van der Waals surface area contributed by atoms with E-state index >= 15 is 0 Å². The Labute approximate surface area is 111 Å². The molecule has 3 heteroatoms. The summed E-state index contributed by atoms with van der Waals surface area (Å²) in [5.74, 6) is 0. The van der Waals surface area contributed by atoms with Crippen LogP contribution < -0.4 is 0 Å². The van der Waals surface area contributed by atoms with Gasteiger partial charge in [0.1, 0.15) is 0 Å². The van der Waals surface area contributed by atoms with Crippen molar-refractivity contribution < 1.29 is 0 Å². The SMILES string of the molecule is Clc1ccccc1Cc1nc2ccccc2[se]1. The van der Waals surface area contributed by atoms with Crippen molar-refractivity contribution in [2.75, 3.05) is 0 Å². The molecular weight excluding hydrogens is 297 g/mol. The number of rotatable bonds is 2. The number of hydrogen-bond donors (Lipinski definition) is 0. The second-order valence-corrected chi connectivity index (χ2v) is 6.59. The Morgan fingerprint density at radius 2 is 1.76 bits per heavy atom. The van der Waals surface area contributed by atoms with E-state index in [0.717, 1.165) is 17.0 Å². The summed E-state index contributed by atoms with van der Waals surface area (Å²) in [4.78, 5) is 4.67. The molecule has 0 aliphatic heterocycles. The van der Waals surface area contributed by atoms with Crippen LogP contribution in [0.1, 0.15) is 10.1 Å². The van der Waals surface area contributed by atoms with Crippen molar-refractivity contribution in [1.29, 1.82) is 0 Å². The molecule has 3 aromatic rings. The molecule has 0 spiro atoms. The van der Waals surface area contributed by atoms with E-state index < -0.39 is 0 Å². The van der Waals surface area contributed by atoms with Crippen LogP contribution in [-0.4, -0.2) is 19.5 Å². The molecule has 0 atom stereocenters. The van der Waals surface area contributed by atoms with E-state index in [1.54, 1.807) is 0 Å². The van der Waals surface area contributed by atoms with Gasteiger partial charge in [-0.1, -0.05) is 0 Å². The van der Waals surface area contributed by atoms with E-state index in [0.29, 0.717) is 14.5 Å². The fourth-order valence-corrected chi connectivity index (χ4v) is 4.08. The molecule has 17 heavy (non-hydrogen) atoms. The standard InChI is InChI=1S/C14H10ClNSe/c15-11-6-2-1-5-10(11)9-14-16-12-7-3-4-8-13(12)17-14/h1-8H,9H2. The second-order valence-electron chi connectivity index (χ2n) is 3.84. The molecule has 1 aromatic heterocycles. The third-order valence-corrected chi connectivity index (χ3v) is 5.18. The minimum atomic E-state index is 0.357. The molecule has 0 amide bonds. The van der Waals surface area contributed by atoms with Gasteiger partial charge in [-0.15, -0.1) is 0 Å². The van der Waals surface area contributed by atoms with E-state index in [-0.39, 0.29) is 0 Å². The molecule has 0 aliphatic rings. The number of aromatic nitrogens is 1. The zero-order chi connectivity index (χ0) is 11.7. The predicted molar refractivity (Wildman–Crippen MR) is 72.9 cm³/mol. The maximum atomic E-state index is 6.17. The second kappa shape index (κ2) is 4.66. The number of para-hydroxylation sites is 1. The van der Waals surface area contributed by atoms with Gasteiger partial charge in [0.2, 0.25) is 0 Å². The quantitative estimate of drug-likeness (QED) is 0.660. The summed E-state index contributed by atoms with van der Waals surface area (Å²) in [6.07, 6.45) is 0.869. The third kappa shape index (κ3) is 2.30. The summed E-state index contributed by atoms with van der Waals surface area (Å²) in [7, 11) is 0. The normalized spacial score (nSPS) is 10.9. The Morgan fingerprint density at radius 3 is 2.59 bits per heavy atom. The van der Waals surface area contributed by atoms with Crippen LogP contribution in [0.15, 0.2) is 48.5 Å². The molecule has 0 saturated heterocycles. The molecule has 3 rings (SSSR count). The first-order chi connectivity index (χ1) is 8.33. The van der Waals surface area contributed by atoms with Gasteiger partial charge in [-0.05, 0) is 0 Å². The van der Waals surface area contributed by atoms with E-state index in [1.807, 2.05) is 24.3 Å². The molecule has 0 aliphatic carbocycles. The number of halogens is 1. The Morgan fingerprint density at radius 1 is 1.00 bits per heavy atom. The predicted octanol–water partition coefficient (Wildman–Crippen LogP) is 3.54. The summed E-state index contributed by atoms with van der Waals surface area (Å²) in [5.41, 5.74) is 2.30. The van der Waals surface area contributed by atoms with Crippen molar-refractivity contribution in [3.05, 3.63) is 63.7 Å². The molecule has 84 valence electrons. The van der Waals surface area contributed by atoms with Crippen molar-refractivity contribution in [2.45, 2.75) is 6.42 Å². The van der Waals surface area contributed by atoms with Crippen molar-refractivity contribution in [2.24, 2.45) is 0 Å². The minimum absolute atomic E-state index is 0.357. The van der Waals surface area contributed by atoms with E-state index in [4.69, 9.17) is 11.6 Å². The molecule has 0 saturated carbocycles. The van der Waals surface area contributed by atoms with E-state index in [1.165, 1.54) is 14.4 Å². The van der Waals surface area contributed by atoms with E-state index in [2.05, 4.69) is 29.2 Å². The monoisotopic (exact) mass is 307 g/mol. The van der Waals surface area contributed by atoms with Gasteiger partial charge in [0.05, 0.1) is 0 Å². The van der Waals surface area contributed by atoms with Crippen LogP contribution in [0.4, 0.5) is 0 Å². The van der Waals surface area contributed by atoms with Crippen molar-refractivity contribution in [1.82, 2.24) is 4.98 Å². The summed E-state index contributed by atoms with van der Waals surface area (Å²) >= 11 is 6.52. The molecule has 0 bridgehead atoms. The number of fused-ring (bicyclic) bond motifs is 1. The molecule has 0 radical (unpaired) electrons. The topological polar surface area (TPSA) is 12.9 Å². The summed E-state index contributed by atoms with van der Waals surface area (Å²) in [6, 6.07) is 16.4. The summed E-state index contributed by atoms with van der Waals surface area (Å²) < 4.78 is 2.63. The van der Waals surface area contributed by atoms with Gasteiger partial charge in [-0.2, -0.15) is 0 Å². The molecule has 0 unspecified atom stereocenters. The summed E-state index contributed by atoms with van der Waals surface area (Å²) in [5, 5.41) is 0.835. The Kier molecular flexibility index (Phi) is 3.02. The van der Waals surface area contributed by atoms with Crippen LogP contribution in [0.25, 0.3) is 9.78 Å². The fourth-order valence-electron chi connectivity index (χ4n) is 1.80. The van der Waals surface area contributed by atoms with Crippen LogP contribution in [0.3, 0.4) is 0 Å². The van der Waals surface area contributed by atoms with Crippen LogP contribution >= 0.6 is 11.6 Å². The molecule has 0 N–H and O–H groups in total. The van der Waals surface area contributed by atoms with Gasteiger partial charge in [0, 0.05) is 0 Å². The van der Waals surface area contributed by atoms with Gasteiger partial charge in [-0.25, -0.2) is 0 Å². The van der Waals surface area contributed by atoms with Crippen molar-refractivity contribution >= 4 is 35.9 Å². The molecule has 1 nitrogen and oxygen atoms in total. The van der Waals surface area contributed by atoms with Gasteiger partial charge in [-0.3, -0.25) is 0 Å². The van der Waals surface area contributed by atoms with Crippen LogP contribution in [-0.2, 0) is 6.42 Å². The molecular formula is C14H10ClNSe. The first-order valence-corrected chi connectivity index (χ1v) is 7.50. The van der Waals surface area contributed by atoms with Gasteiger partial charge >= 0.3 is 111 Å². The van der Waals surface area contributed by atoms with E-state index in [9.17, 15) is 0 Å². The first-order valence-electron chi connectivity index (χ1n) is 5.41. The zero-order valence-corrected chi connectivity index (χ0v) is 11.5. The van der Waals surface area contributed by atoms with Crippen molar-refractivity contribution in [3.63, 3.8) is 0 Å². The third-order valence-electron chi connectivity index (χ3n) is 2.64. The van der Waals surface area contributed by atoms with Crippen molar-refractivity contribution in [3.8, 4) is 0 Å². The fraction of sp³-hybridized carbons (Fsp3) is 0.0714. The van der Waals surface area contributed by atoms with Crippen LogP contribution in [0.5, 0.6) is 0 Å². The number of benzene rings is 2. The average Bonchev–Trinajstić information content (AvgIpc) is 2.74. The van der Waals surface area contributed by atoms with Gasteiger partial charge < -0.3 is 0 Å². The first kappa shape index (κ1) is 11.0. The molecule has 1 heterocycles. The Balaban J connectivity index is 1.98. The number of hydrogen-bond acceptors (Lipinski definition) is 1. The van der Waals surface area contributed by atoms with Gasteiger partial charge in [0.25, 0.3) is 0 Å². The molecule has 2 aromatic carbocycles. The zero-order valence-electron chi connectivity index (χ0n) is 9.06. The van der Waals surface area contributed by atoms with Crippen LogP contribution in [0, 0.1) is 0 Å². The number of nitrogens with zero attached hydrogens (tertiary/aromatic N) is 1.